The van der Waals surface area contributed by atoms with E-state index in [9.17, 15) is 0 Å². The molecule has 0 amide bonds. The van der Waals surface area contributed by atoms with E-state index >= 15 is 0 Å². The highest BCUT2D eigenvalue weighted by molar-refractivity contribution is 5.48. The van der Waals surface area contributed by atoms with Gasteiger partial charge in [0.2, 0.25) is 0 Å². The predicted molar refractivity (Wildman–Crippen MR) is 71.7 cm³/mol. The molecule has 17 heavy (non-hydrogen) atoms. The molecule has 0 aliphatic heterocycles. The minimum atomic E-state index is 0.679. The Morgan fingerprint density at radius 1 is 1.35 bits per heavy atom. The predicted octanol–water partition coefficient (Wildman–Crippen LogP) is 2.86. The molecule has 0 aromatic heterocycles. The smallest absolute Gasteiger partial charge is 0.0359 e. The summed E-state index contributed by atoms with van der Waals surface area (Å²) >= 11 is 0. The molecular weight excluding hydrogens is 208 g/mol. The Kier molecular flexibility index (Phi) is 2.62. The Labute approximate surface area is 104 Å². The van der Waals surface area contributed by atoms with Gasteiger partial charge in [0.15, 0.2) is 0 Å². The quantitative estimate of drug-likeness (QED) is 0.763. The Bertz CT molecular complexity index is 417. The van der Waals surface area contributed by atoms with Crippen molar-refractivity contribution in [1.29, 1.82) is 0 Å². The first kappa shape index (κ1) is 11.1. The third-order valence-electron chi connectivity index (χ3n) is 4.43. The average Bonchev–Trinajstić information content (AvgIpc) is 3.14. The van der Waals surface area contributed by atoms with Crippen molar-refractivity contribution >= 4 is 5.69 Å². The number of hydrogen-bond acceptors (Lipinski definition) is 2. The molecule has 1 aromatic carbocycles. The van der Waals surface area contributed by atoms with Crippen molar-refractivity contribution in [3.63, 3.8) is 0 Å². The molecule has 0 saturated heterocycles. The number of rotatable bonds is 5. The Balaban J connectivity index is 1.55. The van der Waals surface area contributed by atoms with Crippen molar-refractivity contribution in [2.75, 3.05) is 12.3 Å². The summed E-state index contributed by atoms with van der Waals surface area (Å²) in [6.45, 7) is 4.22. The molecule has 2 aliphatic rings. The summed E-state index contributed by atoms with van der Waals surface area (Å²) in [4.78, 5) is 0. The number of nitrogen functional groups attached to an aromatic ring is 1. The second-order valence-corrected chi connectivity index (χ2v) is 5.94. The van der Waals surface area contributed by atoms with Gasteiger partial charge >= 0.3 is 0 Å². The zero-order chi connectivity index (χ0) is 11.9. The number of nitrogens with one attached hydrogen (secondary N) is 1. The van der Waals surface area contributed by atoms with Gasteiger partial charge in [-0.3, -0.25) is 0 Å². The van der Waals surface area contributed by atoms with Gasteiger partial charge in [-0.25, -0.2) is 0 Å². The van der Waals surface area contributed by atoms with Crippen LogP contribution in [-0.2, 0) is 6.54 Å². The first-order valence-corrected chi connectivity index (χ1v) is 6.75. The summed E-state index contributed by atoms with van der Waals surface area (Å²) < 4.78 is 0. The second kappa shape index (κ2) is 4.02. The van der Waals surface area contributed by atoms with Gasteiger partial charge in [-0.05, 0) is 55.6 Å². The normalized spacial score (nSPS) is 21.5. The van der Waals surface area contributed by atoms with Crippen LogP contribution < -0.4 is 11.1 Å². The molecule has 2 nitrogen and oxygen atoms in total. The molecule has 0 atom stereocenters. The third kappa shape index (κ3) is 2.32. The highest BCUT2D eigenvalue weighted by atomic mass is 14.9. The molecule has 92 valence electrons. The Hall–Kier alpha value is -1.02. The van der Waals surface area contributed by atoms with Crippen molar-refractivity contribution in [2.45, 2.75) is 39.2 Å². The van der Waals surface area contributed by atoms with Gasteiger partial charge in [-0.1, -0.05) is 17.7 Å². The fourth-order valence-corrected chi connectivity index (χ4v) is 2.92. The summed E-state index contributed by atoms with van der Waals surface area (Å²) in [6, 6.07) is 6.28. The van der Waals surface area contributed by atoms with Crippen LogP contribution in [0, 0.1) is 18.3 Å². The van der Waals surface area contributed by atoms with Gasteiger partial charge in [-0.15, -0.1) is 0 Å². The van der Waals surface area contributed by atoms with Crippen LogP contribution >= 0.6 is 0 Å². The maximum atomic E-state index is 5.99. The zero-order valence-corrected chi connectivity index (χ0v) is 10.6. The summed E-state index contributed by atoms with van der Waals surface area (Å²) in [6.07, 6.45) is 5.81. The highest BCUT2D eigenvalue weighted by Gasteiger charge is 2.53. The van der Waals surface area contributed by atoms with Crippen molar-refractivity contribution in [3.05, 3.63) is 29.3 Å². The van der Waals surface area contributed by atoms with E-state index in [4.69, 9.17) is 5.73 Å². The SMILES string of the molecule is Cc1ccc(N)c(CNCC2(C3CC3)CC2)c1. The lowest BCUT2D eigenvalue weighted by atomic mass is 10.0. The zero-order valence-electron chi connectivity index (χ0n) is 10.6. The number of nitrogens with two attached hydrogens (primary N) is 1. The summed E-state index contributed by atoms with van der Waals surface area (Å²) in [5.41, 5.74) is 10.1. The molecule has 1 aromatic rings. The summed E-state index contributed by atoms with van der Waals surface area (Å²) in [5.74, 6) is 1.03. The molecular formula is C15H22N2. The number of anilines is 1. The van der Waals surface area contributed by atoms with E-state index in [1.165, 1.54) is 43.4 Å². The van der Waals surface area contributed by atoms with Gasteiger partial charge in [0.25, 0.3) is 0 Å². The molecule has 2 heteroatoms. The molecule has 0 spiro atoms. The molecule has 0 heterocycles. The monoisotopic (exact) mass is 230 g/mol. The van der Waals surface area contributed by atoms with Crippen LogP contribution in [-0.4, -0.2) is 6.54 Å². The van der Waals surface area contributed by atoms with Crippen LogP contribution in [0.25, 0.3) is 0 Å². The molecule has 0 radical (unpaired) electrons. The van der Waals surface area contributed by atoms with E-state index in [2.05, 4.69) is 24.4 Å². The number of aryl methyl sites for hydroxylation is 1. The number of benzene rings is 1. The van der Waals surface area contributed by atoms with Gasteiger partial charge in [0.1, 0.15) is 0 Å². The molecule has 2 fully saturated rings. The highest BCUT2D eigenvalue weighted by Crippen LogP contribution is 2.60. The molecule has 0 bridgehead atoms. The topological polar surface area (TPSA) is 38.0 Å². The van der Waals surface area contributed by atoms with Gasteiger partial charge in [-0.2, -0.15) is 0 Å². The first-order valence-electron chi connectivity index (χ1n) is 6.75. The molecule has 3 N–H and O–H groups in total. The van der Waals surface area contributed by atoms with E-state index < -0.39 is 0 Å². The Morgan fingerprint density at radius 3 is 2.76 bits per heavy atom. The minimum absolute atomic E-state index is 0.679. The largest absolute Gasteiger partial charge is 0.398 e. The van der Waals surface area contributed by atoms with Crippen molar-refractivity contribution in [3.8, 4) is 0 Å². The van der Waals surface area contributed by atoms with Gasteiger partial charge < -0.3 is 11.1 Å². The molecule has 0 unspecified atom stereocenters. The lowest BCUT2D eigenvalue weighted by Crippen LogP contribution is -2.25. The average molecular weight is 230 g/mol. The fourth-order valence-electron chi connectivity index (χ4n) is 2.92. The third-order valence-corrected chi connectivity index (χ3v) is 4.43. The van der Waals surface area contributed by atoms with E-state index in [1.54, 1.807) is 0 Å². The summed E-state index contributed by atoms with van der Waals surface area (Å²) in [7, 11) is 0. The van der Waals surface area contributed by atoms with Crippen LogP contribution in [0.1, 0.15) is 36.8 Å². The minimum Gasteiger partial charge on any atom is -0.398 e. The van der Waals surface area contributed by atoms with Crippen molar-refractivity contribution < 1.29 is 0 Å². The van der Waals surface area contributed by atoms with Gasteiger partial charge in [0, 0.05) is 18.8 Å². The molecule has 3 rings (SSSR count). The number of hydrogen-bond donors (Lipinski definition) is 2. The maximum absolute atomic E-state index is 5.99. The Morgan fingerprint density at radius 2 is 2.12 bits per heavy atom. The first-order chi connectivity index (χ1) is 8.20. The van der Waals surface area contributed by atoms with Crippen LogP contribution in [0.15, 0.2) is 18.2 Å². The fraction of sp³-hybridized carbons (Fsp3) is 0.600. The van der Waals surface area contributed by atoms with Crippen LogP contribution in [0.4, 0.5) is 5.69 Å². The van der Waals surface area contributed by atoms with Crippen molar-refractivity contribution in [2.24, 2.45) is 11.3 Å². The van der Waals surface area contributed by atoms with E-state index in [0.29, 0.717) is 5.41 Å². The molecule has 2 saturated carbocycles. The van der Waals surface area contributed by atoms with E-state index in [0.717, 1.165) is 18.2 Å². The summed E-state index contributed by atoms with van der Waals surface area (Å²) in [5, 5.41) is 3.61. The van der Waals surface area contributed by atoms with Crippen LogP contribution in [0.3, 0.4) is 0 Å². The van der Waals surface area contributed by atoms with Gasteiger partial charge in [0.05, 0.1) is 0 Å². The lowest BCUT2D eigenvalue weighted by Gasteiger charge is -2.15. The maximum Gasteiger partial charge on any atom is 0.0359 e. The van der Waals surface area contributed by atoms with Crippen molar-refractivity contribution in [1.82, 2.24) is 5.32 Å². The van der Waals surface area contributed by atoms with E-state index in [-0.39, 0.29) is 0 Å². The van der Waals surface area contributed by atoms with Crippen LogP contribution in [0.5, 0.6) is 0 Å². The van der Waals surface area contributed by atoms with Crippen LogP contribution in [0.2, 0.25) is 0 Å². The molecule has 2 aliphatic carbocycles. The lowest BCUT2D eigenvalue weighted by molar-refractivity contribution is 0.403. The van der Waals surface area contributed by atoms with E-state index in [1.807, 2.05) is 6.07 Å². The standard InChI is InChI=1S/C15H22N2/c1-11-2-5-14(16)12(8-11)9-17-10-15(6-7-15)13-3-4-13/h2,5,8,13,17H,3-4,6-7,9-10,16H2,1H3. The second-order valence-electron chi connectivity index (χ2n) is 5.94.